The van der Waals surface area contributed by atoms with Crippen molar-refractivity contribution in [2.45, 2.75) is 37.9 Å². The van der Waals surface area contributed by atoms with E-state index in [4.69, 9.17) is 17.3 Å². The minimum atomic E-state index is -0.579. The molecule has 1 fully saturated rings. The molecule has 0 bridgehead atoms. The Labute approximate surface area is 182 Å². The number of halogens is 2. The van der Waals surface area contributed by atoms with Crippen molar-refractivity contribution in [1.82, 2.24) is 10.2 Å². The Morgan fingerprint density at radius 1 is 1.10 bits per heavy atom. The van der Waals surface area contributed by atoms with Gasteiger partial charge in [-0.05, 0) is 42.0 Å². The highest BCUT2D eigenvalue weighted by Crippen LogP contribution is 2.31. The van der Waals surface area contributed by atoms with Crippen molar-refractivity contribution < 1.29 is 9.59 Å². The van der Waals surface area contributed by atoms with Crippen LogP contribution in [0.1, 0.15) is 34.3 Å². The van der Waals surface area contributed by atoms with E-state index in [9.17, 15) is 9.59 Å². The number of fused-ring (bicyclic) bond motifs is 1. The van der Waals surface area contributed by atoms with E-state index in [0.717, 1.165) is 24.0 Å². The Bertz CT molecular complexity index is 901. The molecule has 0 saturated heterocycles. The summed E-state index contributed by atoms with van der Waals surface area (Å²) < 4.78 is 0. The lowest BCUT2D eigenvalue weighted by molar-refractivity contribution is -0.126. The first-order chi connectivity index (χ1) is 13.5. The SMILES string of the molecule is Cl.NC(CNC(=O)C1Cc2ccccc2CN1C(=O)c1ccccc1Cl)C1CC1. The van der Waals surface area contributed by atoms with E-state index in [0.29, 0.717) is 36.0 Å². The summed E-state index contributed by atoms with van der Waals surface area (Å²) in [5.74, 6) is 0.117. The smallest absolute Gasteiger partial charge is 0.256 e. The summed E-state index contributed by atoms with van der Waals surface area (Å²) in [4.78, 5) is 27.9. The van der Waals surface area contributed by atoms with Crippen LogP contribution in [0.15, 0.2) is 48.5 Å². The van der Waals surface area contributed by atoms with Crippen LogP contribution in [-0.4, -0.2) is 35.3 Å². The maximum absolute atomic E-state index is 13.2. The Hall–Kier alpha value is -2.08. The molecule has 2 aromatic rings. The predicted molar refractivity (Wildman–Crippen MR) is 116 cm³/mol. The summed E-state index contributed by atoms with van der Waals surface area (Å²) in [6.45, 7) is 0.822. The lowest BCUT2D eigenvalue weighted by atomic mass is 9.92. The van der Waals surface area contributed by atoms with E-state index in [2.05, 4.69) is 5.32 Å². The molecule has 2 aromatic carbocycles. The third-order valence-electron chi connectivity index (χ3n) is 5.66. The van der Waals surface area contributed by atoms with Gasteiger partial charge in [0.25, 0.3) is 5.91 Å². The Morgan fingerprint density at radius 2 is 1.76 bits per heavy atom. The van der Waals surface area contributed by atoms with E-state index in [1.165, 1.54) is 0 Å². The van der Waals surface area contributed by atoms with E-state index < -0.39 is 6.04 Å². The molecule has 3 N–H and O–H groups in total. The second-order valence-electron chi connectivity index (χ2n) is 7.65. The standard InChI is InChI=1S/C22H24ClN3O2.ClH/c23-18-8-4-3-7-17(18)22(28)26-13-16-6-2-1-5-15(16)11-20(26)21(27)25-12-19(24)14-9-10-14;/h1-8,14,19-20H,9-13,24H2,(H,25,27);1H. The van der Waals surface area contributed by atoms with Gasteiger partial charge in [0.1, 0.15) is 6.04 Å². The molecule has 0 radical (unpaired) electrons. The first-order valence-electron chi connectivity index (χ1n) is 9.70. The Balaban J connectivity index is 0.00000240. The highest BCUT2D eigenvalue weighted by molar-refractivity contribution is 6.33. The number of nitrogens with two attached hydrogens (primary N) is 1. The zero-order valence-electron chi connectivity index (χ0n) is 16.0. The predicted octanol–water partition coefficient (Wildman–Crippen LogP) is 3.18. The van der Waals surface area contributed by atoms with Crippen molar-refractivity contribution in [2.75, 3.05) is 6.54 Å². The molecule has 154 valence electrons. The van der Waals surface area contributed by atoms with Crippen molar-refractivity contribution in [3.63, 3.8) is 0 Å². The van der Waals surface area contributed by atoms with Gasteiger partial charge in [0, 0.05) is 25.6 Å². The van der Waals surface area contributed by atoms with Gasteiger partial charge in [0.05, 0.1) is 10.6 Å². The molecule has 29 heavy (non-hydrogen) atoms. The van der Waals surface area contributed by atoms with Crippen LogP contribution < -0.4 is 11.1 Å². The molecular formula is C22H25Cl2N3O2. The van der Waals surface area contributed by atoms with Crippen LogP contribution in [0.4, 0.5) is 0 Å². The summed E-state index contributed by atoms with van der Waals surface area (Å²) in [6, 6.07) is 14.3. The monoisotopic (exact) mass is 433 g/mol. The van der Waals surface area contributed by atoms with Crippen molar-refractivity contribution in [1.29, 1.82) is 0 Å². The number of rotatable bonds is 5. The zero-order valence-corrected chi connectivity index (χ0v) is 17.6. The molecule has 4 rings (SSSR count). The fraction of sp³-hybridized carbons (Fsp3) is 0.364. The molecule has 1 aliphatic carbocycles. The molecule has 5 nitrogen and oxygen atoms in total. The van der Waals surface area contributed by atoms with Crippen molar-refractivity contribution >= 4 is 35.8 Å². The number of nitrogens with zero attached hydrogens (tertiary/aromatic N) is 1. The van der Waals surface area contributed by atoms with Gasteiger partial charge < -0.3 is 16.0 Å². The second kappa shape index (κ2) is 9.16. The lowest BCUT2D eigenvalue weighted by Crippen LogP contribution is -2.54. The van der Waals surface area contributed by atoms with Gasteiger partial charge in [-0.15, -0.1) is 12.4 Å². The molecular weight excluding hydrogens is 409 g/mol. The van der Waals surface area contributed by atoms with Gasteiger partial charge in [-0.2, -0.15) is 0 Å². The Morgan fingerprint density at radius 3 is 2.45 bits per heavy atom. The first kappa shape index (κ1) is 21.6. The molecule has 1 heterocycles. The van der Waals surface area contributed by atoms with Crippen molar-refractivity contribution in [2.24, 2.45) is 11.7 Å². The number of benzene rings is 2. The lowest BCUT2D eigenvalue weighted by Gasteiger charge is -2.36. The van der Waals surface area contributed by atoms with Crippen LogP contribution >= 0.6 is 24.0 Å². The van der Waals surface area contributed by atoms with Gasteiger partial charge in [0.15, 0.2) is 0 Å². The molecule has 0 aromatic heterocycles. The fourth-order valence-corrected chi connectivity index (χ4v) is 4.00. The van der Waals surface area contributed by atoms with Crippen LogP contribution in [0.5, 0.6) is 0 Å². The van der Waals surface area contributed by atoms with Gasteiger partial charge in [-0.3, -0.25) is 9.59 Å². The van der Waals surface area contributed by atoms with Gasteiger partial charge in [0.2, 0.25) is 5.91 Å². The maximum Gasteiger partial charge on any atom is 0.256 e. The molecule has 7 heteroatoms. The number of carbonyl (C=O) groups is 2. The average molecular weight is 434 g/mol. The minimum absolute atomic E-state index is 0. The van der Waals surface area contributed by atoms with Crippen LogP contribution in [-0.2, 0) is 17.8 Å². The number of hydrogen-bond acceptors (Lipinski definition) is 3. The van der Waals surface area contributed by atoms with Gasteiger partial charge in [-0.25, -0.2) is 0 Å². The molecule has 1 aliphatic heterocycles. The van der Waals surface area contributed by atoms with E-state index >= 15 is 0 Å². The van der Waals surface area contributed by atoms with Gasteiger partial charge in [-0.1, -0.05) is 48.0 Å². The molecule has 0 spiro atoms. The summed E-state index contributed by atoms with van der Waals surface area (Å²) in [6.07, 6.45) is 2.74. The third-order valence-corrected chi connectivity index (χ3v) is 5.99. The Kier molecular flexibility index (Phi) is 6.83. The first-order valence-corrected chi connectivity index (χ1v) is 10.1. The van der Waals surface area contributed by atoms with Crippen LogP contribution in [0.3, 0.4) is 0 Å². The summed E-state index contributed by atoms with van der Waals surface area (Å²) in [5, 5.41) is 3.35. The van der Waals surface area contributed by atoms with Crippen molar-refractivity contribution in [3.05, 3.63) is 70.2 Å². The highest BCUT2D eigenvalue weighted by atomic mass is 35.5. The normalized spacial score (nSPS) is 19.0. The molecule has 2 unspecified atom stereocenters. The largest absolute Gasteiger partial charge is 0.353 e. The minimum Gasteiger partial charge on any atom is -0.353 e. The fourth-order valence-electron chi connectivity index (χ4n) is 3.79. The van der Waals surface area contributed by atoms with Crippen LogP contribution in [0.25, 0.3) is 0 Å². The molecule has 2 aliphatic rings. The third kappa shape index (κ3) is 4.74. The average Bonchev–Trinajstić information content (AvgIpc) is 3.56. The summed E-state index contributed by atoms with van der Waals surface area (Å²) in [5.41, 5.74) is 8.69. The topological polar surface area (TPSA) is 75.4 Å². The van der Waals surface area contributed by atoms with E-state index in [1.807, 2.05) is 24.3 Å². The number of carbonyl (C=O) groups excluding carboxylic acids is 2. The van der Waals surface area contributed by atoms with E-state index in [1.54, 1.807) is 29.2 Å². The molecule has 1 saturated carbocycles. The number of amides is 2. The van der Waals surface area contributed by atoms with Gasteiger partial charge >= 0.3 is 0 Å². The zero-order chi connectivity index (χ0) is 19.7. The maximum atomic E-state index is 13.2. The highest BCUT2D eigenvalue weighted by Gasteiger charge is 2.36. The number of hydrogen-bond donors (Lipinski definition) is 2. The van der Waals surface area contributed by atoms with Crippen LogP contribution in [0.2, 0.25) is 5.02 Å². The molecule has 2 amide bonds. The quantitative estimate of drug-likeness (QED) is 0.759. The van der Waals surface area contributed by atoms with E-state index in [-0.39, 0.29) is 30.3 Å². The summed E-state index contributed by atoms with van der Waals surface area (Å²) in [7, 11) is 0. The van der Waals surface area contributed by atoms with Crippen molar-refractivity contribution in [3.8, 4) is 0 Å². The number of nitrogens with one attached hydrogen (secondary N) is 1. The second-order valence-corrected chi connectivity index (χ2v) is 8.06. The van der Waals surface area contributed by atoms with Crippen LogP contribution in [0, 0.1) is 5.92 Å². The molecule has 2 atom stereocenters. The summed E-state index contributed by atoms with van der Waals surface area (Å²) >= 11 is 6.25.